The minimum absolute atomic E-state index is 0.851. The molecule has 0 unspecified atom stereocenters. The summed E-state index contributed by atoms with van der Waals surface area (Å²) in [5.41, 5.74) is 9.95. The second-order valence-corrected chi connectivity index (χ2v) is 12.9. The van der Waals surface area contributed by atoms with E-state index < -0.39 is 0 Å². The van der Waals surface area contributed by atoms with Crippen LogP contribution in [0.5, 0.6) is 0 Å². The Kier molecular flexibility index (Phi) is 5.63. The molecule has 4 nitrogen and oxygen atoms in total. The van der Waals surface area contributed by atoms with Crippen molar-refractivity contribution in [1.29, 1.82) is 0 Å². The molecule has 0 bridgehead atoms. The molecule has 0 aliphatic rings. The van der Waals surface area contributed by atoms with E-state index >= 15 is 0 Å². The van der Waals surface area contributed by atoms with E-state index in [1.54, 1.807) is 0 Å². The van der Waals surface area contributed by atoms with Crippen LogP contribution >= 0.6 is 0 Å². The molecule has 0 fully saturated rings. The molecule has 11 aromatic rings. The summed E-state index contributed by atoms with van der Waals surface area (Å²) < 4.78 is 15.2. The number of hydrogen-bond acceptors (Lipinski definition) is 3. The van der Waals surface area contributed by atoms with Gasteiger partial charge in [-0.2, -0.15) is 0 Å². The fourth-order valence-electron chi connectivity index (χ4n) is 7.92. The van der Waals surface area contributed by atoms with Crippen LogP contribution in [0.1, 0.15) is 0 Å². The van der Waals surface area contributed by atoms with Gasteiger partial charge in [0, 0.05) is 67.2 Å². The molecule has 0 saturated heterocycles. The zero-order valence-electron chi connectivity index (χ0n) is 26.9. The number of anilines is 3. The Bertz CT molecular complexity index is 3000. The molecular formula is C46H28N2O2. The van der Waals surface area contributed by atoms with E-state index in [9.17, 15) is 0 Å². The standard InChI is InChI=1S/C46H28N2O2/c1-2-11-30(12-3-1)48-40-25-18-29-10-4-5-13-34(29)46(40)39-24-21-31(26-41(39)48)47(32-19-22-37-35-14-6-8-16-42(35)49-44(37)27-32)33-20-23-38-36-15-7-9-17-43(36)50-45(38)28-33/h1-28H. The third-order valence-electron chi connectivity index (χ3n) is 10.2. The molecule has 4 heteroatoms. The monoisotopic (exact) mass is 640 g/mol. The Hall–Kier alpha value is -6.78. The summed E-state index contributed by atoms with van der Waals surface area (Å²) >= 11 is 0. The van der Waals surface area contributed by atoms with Crippen LogP contribution in [-0.4, -0.2) is 4.57 Å². The minimum atomic E-state index is 0.851. The van der Waals surface area contributed by atoms with Crippen LogP contribution in [0.4, 0.5) is 17.1 Å². The van der Waals surface area contributed by atoms with E-state index in [1.165, 1.54) is 27.1 Å². The first kappa shape index (κ1) is 27.2. The lowest BCUT2D eigenvalue weighted by atomic mass is 10.0. The highest BCUT2D eigenvalue weighted by Gasteiger charge is 2.21. The fourth-order valence-corrected chi connectivity index (χ4v) is 7.92. The van der Waals surface area contributed by atoms with Crippen molar-refractivity contribution in [1.82, 2.24) is 4.57 Å². The summed E-state index contributed by atoms with van der Waals surface area (Å²) in [6, 6.07) is 60.2. The van der Waals surface area contributed by atoms with E-state index in [0.29, 0.717) is 0 Å². The van der Waals surface area contributed by atoms with Crippen LogP contribution in [0.2, 0.25) is 0 Å². The molecule has 0 radical (unpaired) electrons. The van der Waals surface area contributed by atoms with Crippen molar-refractivity contribution in [3.8, 4) is 5.69 Å². The number of rotatable bonds is 4. The van der Waals surface area contributed by atoms with Crippen molar-refractivity contribution < 1.29 is 8.83 Å². The molecule has 8 aromatic carbocycles. The Morgan fingerprint density at radius 1 is 0.360 bits per heavy atom. The third-order valence-corrected chi connectivity index (χ3v) is 10.2. The van der Waals surface area contributed by atoms with Crippen molar-refractivity contribution >= 4 is 93.5 Å². The second-order valence-electron chi connectivity index (χ2n) is 12.9. The number of aromatic nitrogens is 1. The van der Waals surface area contributed by atoms with Crippen LogP contribution in [0.3, 0.4) is 0 Å². The Balaban J connectivity index is 1.20. The zero-order valence-corrected chi connectivity index (χ0v) is 26.9. The number of hydrogen-bond donors (Lipinski definition) is 0. The van der Waals surface area contributed by atoms with Crippen molar-refractivity contribution in [3.05, 3.63) is 170 Å². The number of fused-ring (bicyclic) bond motifs is 11. The van der Waals surface area contributed by atoms with Gasteiger partial charge in [-0.25, -0.2) is 0 Å². The van der Waals surface area contributed by atoms with Gasteiger partial charge in [-0.1, -0.05) is 91.0 Å². The SMILES string of the molecule is c1ccc(-n2c3cc(N(c4ccc5c(c4)oc4ccccc45)c4ccc5c(c4)oc4ccccc45)ccc3c3c4ccccc4ccc32)cc1. The summed E-state index contributed by atoms with van der Waals surface area (Å²) in [7, 11) is 0. The van der Waals surface area contributed by atoms with Crippen LogP contribution in [-0.2, 0) is 0 Å². The first-order valence-corrected chi connectivity index (χ1v) is 16.9. The van der Waals surface area contributed by atoms with Crippen molar-refractivity contribution in [2.45, 2.75) is 0 Å². The van der Waals surface area contributed by atoms with Crippen LogP contribution in [0.25, 0.3) is 82.1 Å². The number of para-hydroxylation sites is 3. The smallest absolute Gasteiger partial charge is 0.137 e. The number of furan rings is 2. The average Bonchev–Trinajstić information content (AvgIpc) is 3.84. The van der Waals surface area contributed by atoms with Gasteiger partial charge in [0.25, 0.3) is 0 Å². The first-order chi connectivity index (χ1) is 24.8. The third kappa shape index (κ3) is 3.93. The summed E-state index contributed by atoms with van der Waals surface area (Å²) in [5.74, 6) is 0. The lowest BCUT2D eigenvalue weighted by Crippen LogP contribution is -2.10. The topological polar surface area (TPSA) is 34.5 Å². The van der Waals surface area contributed by atoms with Gasteiger partial charge in [-0.15, -0.1) is 0 Å². The molecule has 0 saturated carbocycles. The number of nitrogens with zero attached hydrogens (tertiary/aromatic N) is 2. The predicted octanol–water partition coefficient (Wildman–Crippen LogP) is 13.2. The maximum Gasteiger partial charge on any atom is 0.137 e. The molecule has 3 aromatic heterocycles. The van der Waals surface area contributed by atoms with Gasteiger partial charge in [-0.05, 0) is 77.5 Å². The van der Waals surface area contributed by atoms with Gasteiger partial charge >= 0.3 is 0 Å². The average molecular weight is 641 g/mol. The van der Waals surface area contributed by atoms with Gasteiger partial charge in [0.2, 0.25) is 0 Å². The molecule has 3 heterocycles. The quantitative estimate of drug-likeness (QED) is 0.192. The zero-order chi connectivity index (χ0) is 32.8. The van der Waals surface area contributed by atoms with Gasteiger partial charge < -0.3 is 18.3 Å². The molecule has 0 N–H and O–H groups in total. The highest BCUT2D eigenvalue weighted by molar-refractivity contribution is 6.22. The van der Waals surface area contributed by atoms with Crippen molar-refractivity contribution in [2.24, 2.45) is 0 Å². The van der Waals surface area contributed by atoms with Gasteiger partial charge in [0.15, 0.2) is 0 Å². The summed E-state index contributed by atoms with van der Waals surface area (Å²) in [6.45, 7) is 0. The summed E-state index contributed by atoms with van der Waals surface area (Å²) in [4.78, 5) is 2.31. The van der Waals surface area contributed by atoms with E-state index in [0.717, 1.165) is 72.1 Å². The molecule has 0 spiro atoms. The highest BCUT2D eigenvalue weighted by Crippen LogP contribution is 2.44. The Morgan fingerprint density at radius 3 is 1.54 bits per heavy atom. The van der Waals surface area contributed by atoms with Gasteiger partial charge in [0.05, 0.1) is 11.0 Å². The lowest BCUT2D eigenvalue weighted by Gasteiger charge is -2.25. The van der Waals surface area contributed by atoms with Crippen LogP contribution < -0.4 is 4.90 Å². The maximum absolute atomic E-state index is 6.40. The molecule has 0 amide bonds. The predicted molar refractivity (Wildman–Crippen MR) is 208 cm³/mol. The maximum atomic E-state index is 6.40. The van der Waals surface area contributed by atoms with E-state index in [2.05, 4.69) is 155 Å². The van der Waals surface area contributed by atoms with E-state index in [1.807, 2.05) is 24.3 Å². The van der Waals surface area contributed by atoms with Gasteiger partial charge in [-0.3, -0.25) is 0 Å². The first-order valence-electron chi connectivity index (χ1n) is 16.9. The van der Waals surface area contributed by atoms with Gasteiger partial charge in [0.1, 0.15) is 22.3 Å². The Labute approximate surface area is 286 Å². The Morgan fingerprint density at radius 2 is 0.880 bits per heavy atom. The molecule has 0 atom stereocenters. The molecule has 50 heavy (non-hydrogen) atoms. The summed E-state index contributed by atoms with van der Waals surface area (Å²) in [6.07, 6.45) is 0. The van der Waals surface area contributed by atoms with Crippen molar-refractivity contribution in [3.63, 3.8) is 0 Å². The summed E-state index contributed by atoms with van der Waals surface area (Å²) in [5, 5.41) is 9.39. The lowest BCUT2D eigenvalue weighted by molar-refractivity contribution is 0.669. The van der Waals surface area contributed by atoms with E-state index in [4.69, 9.17) is 8.83 Å². The molecule has 0 aliphatic heterocycles. The molecule has 234 valence electrons. The van der Waals surface area contributed by atoms with E-state index in [-0.39, 0.29) is 0 Å². The second kappa shape index (κ2) is 10.4. The normalized spacial score (nSPS) is 12.0. The molecule has 0 aliphatic carbocycles. The van der Waals surface area contributed by atoms with Crippen LogP contribution in [0.15, 0.2) is 179 Å². The fraction of sp³-hybridized carbons (Fsp3) is 0. The molecule has 11 rings (SSSR count). The number of benzene rings is 8. The minimum Gasteiger partial charge on any atom is -0.456 e. The largest absolute Gasteiger partial charge is 0.456 e. The highest BCUT2D eigenvalue weighted by atomic mass is 16.3. The van der Waals surface area contributed by atoms with Crippen molar-refractivity contribution in [2.75, 3.05) is 4.90 Å². The molecular weight excluding hydrogens is 613 g/mol. The van der Waals surface area contributed by atoms with Crippen LogP contribution in [0, 0.1) is 0 Å².